The molecule has 0 rings (SSSR count). The van der Waals surface area contributed by atoms with Crippen molar-refractivity contribution < 1.29 is 4.79 Å². The topological polar surface area (TPSA) is 41.1 Å². The van der Waals surface area contributed by atoms with Gasteiger partial charge in [0.1, 0.15) is 6.29 Å². The highest BCUT2D eigenvalue weighted by molar-refractivity contribution is 5.72. The van der Waals surface area contributed by atoms with E-state index < -0.39 is 0 Å². The van der Waals surface area contributed by atoms with Crippen molar-refractivity contribution in [3.8, 4) is 12.3 Å². The van der Waals surface area contributed by atoms with Crippen LogP contribution < -0.4 is 10.9 Å². The van der Waals surface area contributed by atoms with Gasteiger partial charge >= 0.3 is 0 Å². The zero-order chi connectivity index (χ0) is 11.4. The maximum Gasteiger partial charge on any atom is 0.147 e. The molecule has 0 atom stereocenters. The van der Waals surface area contributed by atoms with E-state index in [1.807, 2.05) is 12.2 Å². The van der Waals surface area contributed by atoms with Gasteiger partial charge in [-0.05, 0) is 18.9 Å². The molecular formula is C12H16N2O. The number of rotatable bonds is 7. The summed E-state index contributed by atoms with van der Waals surface area (Å²) < 4.78 is 0. The summed E-state index contributed by atoms with van der Waals surface area (Å²) in [5.74, 6) is 2.39. The first-order chi connectivity index (χ1) is 7.35. The number of hydrogen-bond donors (Lipinski definition) is 2. The molecule has 0 amide bonds. The van der Waals surface area contributed by atoms with E-state index >= 15 is 0 Å². The van der Waals surface area contributed by atoms with Crippen LogP contribution in [-0.4, -0.2) is 13.3 Å². The van der Waals surface area contributed by atoms with E-state index in [1.165, 1.54) is 0 Å². The first-order valence-electron chi connectivity index (χ1n) is 4.69. The zero-order valence-corrected chi connectivity index (χ0v) is 8.86. The molecular weight excluding hydrogens is 188 g/mol. The van der Waals surface area contributed by atoms with Gasteiger partial charge in [-0.15, -0.1) is 6.42 Å². The van der Waals surface area contributed by atoms with Crippen LogP contribution >= 0.6 is 0 Å². The molecule has 0 saturated carbocycles. The lowest BCUT2D eigenvalue weighted by Crippen LogP contribution is -2.21. The molecule has 3 nitrogen and oxygen atoms in total. The van der Waals surface area contributed by atoms with E-state index in [0.29, 0.717) is 6.42 Å². The van der Waals surface area contributed by atoms with Gasteiger partial charge in [0.05, 0.1) is 0 Å². The van der Waals surface area contributed by atoms with Crippen LogP contribution in [-0.2, 0) is 4.79 Å². The minimum absolute atomic E-state index is 0.707. The average Bonchev–Trinajstić information content (AvgIpc) is 2.27. The third-order valence-corrected chi connectivity index (χ3v) is 1.59. The summed E-state index contributed by atoms with van der Waals surface area (Å²) in [5.41, 5.74) is 6.18. The smallest absolute Gasteiger partial charge is 0.147 e. The monoisotopic (exact) mass is 204 g/mol. The normalized spacial score (nSPS) is 11.9. The van der Waals surface area contributed by atoms with Gasteiger partial charge in [-0.25, -0.2) is 5.43 Å². The Kier molecular flexibility index (Phi) is 9.06. The van der Waals surface area contributed by atoms with E-state index in [1.54, 1.807) is 25.4 Å². The minimum Gasteiger partial charge on any atom is -0.329 e. The summed E-state index contributed by atoms with van der Waals surface area (Å²) in [4.78, 5) is 10.6. The molecule has 0 aliphatic rings. The Morgan fingerprint density at radius 1 is 1.47 bits per heavy atom. The fraction of sp³-hybridized carbons (Fsp3) is 0.250. The Hall–Kier alpha value is -1.79. The second-order valence-electron chi connectivity index (χ2n) is 2.72. The minimum atomic E-state index is 0.707. The summed E-state index contributed by atoms with van der Waals surface area (Å²) in [6.45, 7) is 0. The maximum atomic E-state index is 10.6. The summed E-state index contributed by atoms with van der Waals surface area (Å²) in [5, 5.41) is 0. The van der Waals surface area contributed by atoms with Crippen LogP contribution in [0.15, 0.2) is 36.1 Å². The number of allylic oxidation sites excluding steroid dienone is 5. The van der Waals surface area contributed by atoms with Gasteiger partial charge in [-0.3, -0.25) is 4.79 Å². The molecule has 0 aromatic heterocycles. The van der Waals surface area contributed by atoms with Crippen LogP contribution in [0.1, 0.15) is 12.8 Å². The predicted molar refractivity (Wildman–Crippen MR) is 62.7 cm³/mol. The van der Waals surface area contributed by atoms with Gasteiger partial charge in [-0.1, -0.05) is 24.1 Å². The molecule has 0 radical (unpaired) electrons. The van der Waals surface area contributed by atoms with E-state index in [0.717, 1.165) is 18.3 Å². The van der Waals surface area contributed by atoms with E-state index in [9.17, 15) is 4.79 Å². The Bertz CT molecular complexity index is 295. The molecule has 0 aliphatic heterocycles. The predicted octanol–water partition coefficient (Wildman–Crippen LogP) is 1.32. The van der Waals surface area contributed by atoms with Crippen molar-refractivity contribution >= 4 is 6.29 Å². The first kappa shape index (κ1) is 13.2. The molecule has 80 valence electrons. The number of terminal acetylenes is 1. The third kappa shape index (κ3) is 8.54. The van der Waals surface area contributed by atoms with Crippen molar-refractivity contribution in [1.82, 2.24) is 10.9 Å². The molecule has 3 heteroatoms. The Morgan fingerprint density at radius 3 is 2.87 bits per heavy atom. The number of aldehydes is 1. The van der Waals surface area contributed by atoms with Gasteiger partial charge < -0.3 is 5.43 Å². The van der Waals surface area contributed by atoms with Crippen molar-refractivity contribution in [1.29, 1.82) is 0 Å². The lowest BCUT2D eigenvalue weighted by Gasteiger charge is -1.98. The SMILES string of the molecule is C#C/C=C\C=C/CC/C(C=O)=C\NNC. The average molecular weight is 204 g/mol. The lowest BCUT2D eigenvalue weighted by molar-refractivity contribution is -0.105. The molecule has 0 aromatic carbocycles. The van der Waals surface area contributed by atoms with Crippen LogP contribution in [0, 0.1) is 12.3 Å². The number of nitrogens with one attached hydrogen (secondary N) is 2. The van der Waals surface area contributed by atoms with Crippen molar-refractivity contribution in [2.45, 2.75) is 12.8 Å². The summed E-state index contributed by atoms with van der Waals surface area (Å²) in [6, 6.07) is 0. The molecule has 15 heavy (non-hydrogen) atoms. The molecule has 0 saturated heterocycles. The molecule has 0 heterocycles. The molecule has 0 spiro atoms. The van der Waals surface area contributed by atoms with Crippen molar-refractivity contribution in [2.75, 3.05) is 7.05 Å². The second kappa shape index (κ2) is 10.3. The van der Waals surface area contributed by atoms with Crippen LogP contribution in [0.3, 0.4) is 0 Å². The van der Waals surface area contributed by atoms with E-state index in [-0.39, 0.29) is 0 Å². The summed E-state index contributed by atoms with van der Waals surface area (Å²) in [7, 11) is 1.74. The Balaban J connectivity index is 3.82. The van der Waals surface area contributed by atoms with E-state index in [2.05, 4.69) is 16.8 Å². The van der Waals surface area contributed by atoms with Crippen LogP contribution in [0.4, 0.5) is 0 Å². The Labute approximate surface area is 90.9 Å². The summed E-state index contributed by atoms with van der Waals surface area (Å²) in [6.07, 6.45) is 16.3. The Morgan fingerprint density at radius 2 is 2.27 bits per heavy atom. The number of carbonyl (C=O) groups excluding carboxylic acids is 1. The molecule has 0 aromatic rings. The zero-order valence-electron chi connectivity index (χ0n) is 8.86. The highest BCUT2D eigenvalue weighted by Gasteiger charge is 1.91. The van der Waals surface area contributed by atoms with Gasteiger partial charge in [0.2, 0.25) is 0 Å². The fourth-order valence-electron chi connectivity index (χ4n) is 0.866. The van der Waals surface area contributed by atoms with Gasteiger partial charge in [0, 0.05) is 18.8 Å². The van der Waals surface area contributed by atoms with Crippen LogP contribution in [0.5, 0.6) is 0 Å². The molecule has 2 N–H and O–H groups in total. The van der Waals surface area contributed by atoms with E-state index in [4.69, 9.17) is 6.42 Å². The van der Waals surface area contributed by atoms with Gasteiger partial charge in [0.15, 0.2) is 0 Å². The molecule has 0 bridgehead atoms. The second-order valence-corrected chi connectivity index (χ2v) is 2.72. The third-order valence-electron chi connectivity index (χ3n) is 1.59. The maximum absolute atomic E-state index is 10.6. The summed E-state index contributed by atoms with van der Waals surface area (Å²) >= 11 is 0. The standard InChI is InChI=1S/C12H16N2O/c1-3-4-5-6-7-8-9-12(11-15)10-14-13-2/h1,4-7,10-11,13-14H,8-9H2,2H3/b5-4-,7-6-,12-10+. The molecule has 0 unspecified atom stereocenters. The number of hydrogen-bond acceptors (Lipinski definition) is 3. The first-order valence-corrected chi connectivity index (χ1v) is 4.69. The van der Waals surface area contributed by atoms with Gasteiger partial charge in [0.25, 0.3) is 0 Å². The lowest BCUT2D eigenvalue weighted by atomic mass is 10.1. The number of hydrazine groups is 1. The van der Waals surface area contributed by atoms with Gasteiger partial charge in [-0.2, -0.15) is 0 Å². The van der Waals surface area contributed by atoms with Crippen molar-refractivity contribution in [3.63, 3.8) is 0 Å². The number of carbonyl (C=O) groups is 1. The highest BCUT2D eigenvalue weighted by Crippen LogP contribution is 2.01. The highest BCUT2D eigenvalue weighted by atomic mass is 16.1. The van der Waals surface area contributed by atoms with Crippen molar-refractivity contribution in [3.05, 3.63) is 36.1 Å². The van der Waals surface area contributed by atoms with Crippen LogP contribution in [0.2, 0.25) is 0 Å². The fourth-order valence-corrected chi connectivity index (χ4v) is 0.866. The van der Waals surface area contributed by atoms with Crippen LogP contribution in [0.25, 0.3) is 0 Å². The molecule has 0 fully saturated rings. The largest absolute Gasteiger partial charge is 0.329 e. The molecule has 0 aliphatic carbocycles. The quantitative estimate of drug-likeness (QED) is 0.216. The van der Waals surface area contributed by atoms with Crippen molar-refractivity contribution in [2.24, 2.45) is 0 Å².